The summed E-state index contributed by atoms with van der Waals surface area (Å²) in [6.07, 6.45) is 4.00. The minimum Gasteiger partial charge on any atom is -0.393 e. The van der Waals surface area contributed by atoms with Crippen LogP contribution in [0, 0.1) is 16.7 Å². The molecule has 4 heteroatoms. The molecule has 82 valence electrons. The SMILES string of the molecule is CC(O)CC1CCC2SC(=N)C(C=N)=C12. The first-order valence-corrected chi connectivity index (χ1v) is 6.19. The predicted molar refractivity (Wildman–Crippen MR) is 63.9 cm³/mol. The highest BCUT2D eigenvalue weighted by Crippen LogP contribution is 2.48. The third-order valence-corrected chi connectivity index (χ3v) is 4.38. The zero-order chi connectivity index (χ0) is 11.0. The van der Waals surface area contributed by atoms with Crippen molar-refractivity contribution in [3.63, 3.8) is 0 Å². The molecule has 3 unspecified atom stereocenters. The monoisotopic (exact) mass is 224 g/mol. The number of thioether (sulfide) groups is 1. The molecule has 1 aliphatic heterocycles. The van der Waals surface area contributed by atoms with Crippen LogP contribution in [0.4, 0.5) is 0 Å². The van der Waals surface area contributed by atoms with E-state index >= 15 is 0 Å². The van der Waals surface area contributed by atoms with E-state index in [-0.39, 0.29) is 6.10 Å². The van der Waals surface area contributed by atoms with Crippen molar-refractivity contribution in [1.82, 2.24) is 0 Å². The van der Waals surface area contributed by atoms with Crippen molar-refractivity contribution in [2.75, 3.05) is 0 Å². The maximum atomic E-state index is 9.42. The molecule has 1 saturated carbocycles. The molecule has 1 heterocycles. The van der Waals surface area contributed by atoms with Gasteiger partial charge in [0.2, 0.25) is 0 Å². The van der Waals surface area contributed by atoms with Crippen molar-refractivity contribution in [2.24, 2.45) is 5.92 Å². The van der Waals surface area contributed by atoms with E-state index in [2.05, 4.69) is 0 Å². The molecular formula is C11H16N2OS. The molecule has 0 aromatic heterocycles. The average molecular weight is 224 g/mol. The van der Waals surface area contributed by atoms with Crippen LogP contribution in [0.1, 0.15) is 26.2 Å². The first kappa shape index (κ1) is 10.9. The largest absolute Gasteiger partial charge is 0.393 e. The van der Waals surface area contributed by atoms with Crippen LogP contribution in [-0.4, -0.2) is 27.7 Å². The summed E-state index contributed by atoms with van der Waals surface area (Å²) in [5.74, 6) is 0.391. The zero-order valence-corrected chi connectivity index (χ0v) is 9.60. The Morgan fingerprint density at radius 2 is 2.33 bits per heavy atom. The fourth-order valence-corrected chi connectivity index (χ4v) is 3.87. The Labute approximate surface area is 94.0 Å². The van der Waals surface area contributed by atoms with E-state index in [1.807, 2.05) is 6.92 Å². The summed E-state index contributed by atoms with van der Waals surface area (Å²) < 4.78 is 0. The Bertz CT molecular complexity index is 335. The van der Waals surface area contributed by atoms with Crippen molar-refractivity contribution in [3.05, 3.63) is 11.1 Å². The van der Waals surface area contributed by atoms with E-state index in [9.17, 15) is 5.11 Å². The molecule has 2 rings (SSSR count). The lowest BCUT2D eigenvalue weighted by atomic mass is 9.93. The molecule has 3 N–H and O–H groups in total. The van der Waals surface area contributed by atoms with Crippen molar-refractivity contribution < 1.29 is 5.11 Å². The van der Waals surface area contributed by atoms with Gasteiger partial charge in [0.05, 0.1) is 11.1 Å². The summed E-state index contributed by atoms with van der Waals surface area (Å²) in [6, 6.07) is 0. The summed E-state index contributed by atoms with van der Waals surface area (Å²) >= 11 is 1.58. The van der Waals surface area contributed by atoms with Crippen molar-refractivity contribution in [2.45, 2.75) is 37.5 Å². The third kappa shape index (κ3) is 1.88. The molecule has 3 atom stereocenters. The number of hydrogen-bond acceptors (Lipinski definition) is 4. The molecule has 0 spiro atoms. The topological polar surface area (TPSA) is 67.9 Å². The second-order valence-electron chi connectivity index (χ2n) is 4.31. The second kappa shape index (κ2) is 4.10. The van der Waals surface area contributed by atoms with Gasteiger partial charge in [0.25, 0.3) is 0 Å². The van der Waals surface area contributed by atoms with Crippen LogP contribution >= 0.6 is 11.8 Å². The van der Waals surface area contributed by atoms with E-state index in [1.165, 1.54) is 11.8 Å². The van der Waals surface area contributed by atoms with Gasteiger partial charge in [0.1, 0.15) is 0 Å². The minimum absolute atomic E-state index is 0.284. The lowest BCUT2D eigenvalue weighted by molar-refractivity contribution is 0.168. The smallest absolute Gasteiger partial charge is 0.0963 e. The zero-order valence-electron chi connectivity index (χ0n) is 8.79. The number of fused-ring (bicyclic) bond motifs is 1. The number of hydrogen-bond donors (Lipinski definition) is 3. The Balaban J connectivity index is 2.26. The lowest BCUT2D eigenvalue weighted by Crippen LogP contribution is -2.11. The van der Waals surface area contributed by atoms with E-state index in [1.54, 1.807) is 11.8 Å². The first-order chi connectivity index (χ1) is 7.13. The minimum atomic E-state index is -0.284. The molecule has 3 nitrogen and oxygen atoms in total. The van der Waals surface area contributed by atoms with E-state index in [4.69, 9.17) is 10.8 Å². The highest BCUT2D eigenvalue weighted by Gasteiger charge is 2.39. The van der Waals surface area contributed by atoms with Gasteiger partial charge in [-0.15, -0.1) is 0 Å². The summed E-state index contributed by atoms with van der Waals surface area (Å²) in [5.41, 5.74) is 2.06. The highest BCUT2D eigenvalue weighted by molar-refractivity contribution is 8.15. The lowest BCUT2D eigenvalue weighted by Gasteiger charge is -2.14. The van der Waals surface area contributed by atoms with Crippen LogP contribution in [0.3, 0.4) is 0 Å². The van der Waals surface area contributed by atoms with Gasteiger partial charge in [-0.2, -0.15) is 0 Å². The molecule has 1 aliphatic carbocycles. The molecule has 0 aromatic carbocycles. The number of rotatable bonds is 3. The normalized spacial score (nSPS) is 32.0. The Morgan fingerprint density at radius 1 is 1.60 bits per heavy atom. The standard InChI is InChI=1S/C11H16N2OS/c1-6(14)4-7-2-3-9-10(7)8(5-12)11(13)15-9/h5-7,9,12-14H,2-4H2,1H3. The Hall–Kier alpha value is -0.610. The predicted octanol–water partition coefficient (Wildman–Crippen LogP) is 2.21. The van der Waals surface area contributed by atoms with Gasteiger partial charge in [-0.05, 0) is 37.7 Å². The van der Waals surface area contributed by atoms with Crippen LogP contribution in [0.2, 0.25) is 0 Å². The molecule has 0 radical (unpaired) electrons. The van der Waals surface area contributed by atoms with Gasteiger partial charge in [-0.3, -0.25) is 5.41 Å². The van der Waals surface area contributed by atoms with E-state index in [0.29, 0.717) is 16.2 Å². The van der Waals surface area contributed by atoms with Gasteiger partial charge in [0.15, 0.2) is 0 Å². The van der Waals surface area contributed by atoms with E-state index in [0.717, 1.165) is 24.8 Å². The summed E-state index contributed by atoms with van der Waals surface area (Å²) in [4.78, 5) is 0. The average Bonchev–Trinajstić information content (AvgIpc) is 2.65. The molecule has 15 heavy (non-hydrogen) atoms. The quantitative estimate of drug-likeness (QED) is 0.643. The molecule has 0 aromatic rings. The molecule has 0 amide bonds. The third-order valence-electron chi connectivity index (χ3n) is 3.15. The van der Waals surface area contributed by atoms with Gasteiger partial charge >= 0.3 is 0 Å². The van der Waals surface area contributed by atoms with Gasteiger partial charge in [0, 0.05) is 17.0 Å². The van der Waals surface area contributed by atoms with Crippen molar-refractivity contribution in [3.8, 4) is 0 Å². The van der Waals surface area contributed by atoms with Crippen LogP contribution in [-0.2, 0) is 0 Å². The summed E-state index contributed by atoms with van der Waals surface area (Å²) in [7, 11) is 0. The molecule has 0 bridgehead atoms. The highest BCUT2D eigenvalue weighted by atomic mass is 32.2. The Kier molecular flexibility index (Phi) is 2.98. The fourth-order valence-electron chi connectivity index (χ4n) is 2.58. The van der Waals surface area contributed by atoms with Gasteiger partial charge in [-0.1, -0.05) is 11.8 Å². The summed E-state index contributed by atoms with van der Waals surface area (Å²) in [5, 5.41) is 25.5. The first-order valence-electron chi connectivity index (χ1n) is 5.31. The molecule has 1 fully saturated rings. The number of nitrogens with one attached hydrogen (secondary N) is 2. The van der Waals surface area contributed by atoms with E-state index < -0.39 is 0 Å². The van der Waals surface area contributed by atoms with Crippen LogP contribution in [0.15, 0.2) is 11.1 Å². The van der Waals surface area contributed by atoms with Gasteiger partial charge in [-0.25, -0.2) is 0 Å². The molecule has 0 saturated heterocycles. The van der Waals surface area contributed by atoms with Crippen LogP contribution in [0.5, 0.6) is 0 Å². The summed E-state index contributed by atoms with van der Waals surface area (Å²) in [6.45, 7) is 1.81. The molecule has 2 aliphatic rings. The fraction of sp³-hybridized carbons (Fsp3) is 0.636. The molecular weight excluding hydrogens is 208 g/mol. The van der Waals surface area contributed by atoms with Crippen molar-refractivity contribution >= 4 is 23.0 Å². The second-order valence-corrected chi connectivity index (χ2v) is 5.52. The van der Waals surface area contributed by atoms with Crippen LogP contribution < -0.4 is 0 Å². The van der Waals surface area contributed by atoms with Crippen LogP contribution in [0.25, 0.3) is 0 Å². The Morgan fingerprint density at radius 3 is 2.93 bits per heavy atom. The number of aliphatic hydroxyl groups is 1. The van der Waals surface area contributed by atoms with Gasteiger partial charge < -0.3 is 10.5 Å². The number of aliphatic hydroxyl groups excluding tert-OH is 1. The van der Waals surface area contributed by atoms with Crippen molar-refractivity contribution in [1.29, 1.82) is 10.8 Å². The maximum absolute atomic E-state index is 9.42. The maximum Gasteiger partial charge on any atom is 0.0963 e.